The lowest BCUT2D eigenvalue weighted by atomic mass is 10.2. The molecule has 0 aliphatic rings. The Hall–Kier alpha value is -4.06. The number of ether oxygens (including phenoxy) is 2. The van der Waals surface area contributed by atoms with Crippen LogP contribution in [0.1, 0.15) is 27.2 Å². The second-order valence-corrected chi connectivity index (χ2v) is 8.96. The molecule has 3 N–H and O–H groups in total. The summed E-state index contributed by atoms with van der Waals surface area (Å²) < 4.78 is 24.5. The van der Waals surface area contributed by atoms with Crippen molar-refractivity contribution in [3.63, 3.8) is 0 Å². The van der Waals surface area contributed by atoms with Gasteiger partial charge >= 0.3 is 12.1 Å². The van der Waals surface area contributed by atoms with Crippen LogP contribution in [0.5, 0.6) is 11.6 Å². The molecule has 2 heterocycles. The number of hydrogen-bond acceptors (Lipinski definition) is 9. The summed E-state index contributed by atoms with van der Waals surface area (Å²) in [5.74, 6) is -1.16. The molecule has 0 aliphatic heterocycles. The van der Waals surface area contributed by atoms with E-state index in [0.29, 0.717) is 17.1 Å². The van der Waals surface area contributed by atoms with E-state index in [1.165, 1.54) is 12.5 Å². The summed E-state index contributed by atoms with van der Waals surface area (Å²) in [5.41, 5.74) is -0.111. The number of rotatable bonds is 9. The Kier molecular flexibility index (Phi) is 8.54. The Balaban J connectivity index is 1.65. The number of anilines is 1. The fraction of sp³-hybridized carbons (Fsp3) is 0.304. The number of nitrogens with one attached hydrogen (secondary N) is 2. The first-order valence-electron chi connectivity index (χ1n) is 10.7. The molecule has 0 aliphatic carbocycles. The molecule has 13 heteroatoms. The van der Waals surface area contributed by atoms with E-state index in [0.717, 1.165) is 6.07 Å². The summed E-state index contributed by atoms with van der Waals surface area (Å²) in [5, 5.41) is 14.7. The maximum atomic E-state index is 13.9. The van der Waals surface area contributed by atoms with Gasteiger partial charge in [-0.3, -0.25) is 4.79 Å². The molecule has 1 unspecified atom stereocenters. The molecule has 0 bridgehead atoms. The standard InChI is InChI=1S/C23H24ClFN6O5/c1-23(2,3)36-22(34)30-15(9-18(32)33)11-27-21-29-12-28-19(31-21)13-4-6-16(7-5-13)35-20-17(25)8-14(24)10-26-20/h4-8,10,12,15H,9,11H2,1-3H3,(H,30,34)(H,32,33)(H,27,28,29,31). The van der Waals surface area contributed by atoms with Gasteiger partial charge in [-0.2, -0.15) is 4.98 Å². The number of carbonyl (C=O) groups is 2. The van der Waals surface area contributed by atoms with Gasteiger partial charge in [0.1, 0.15) is 17.7 Å². The van der Waals surface area contributed by atoms with E-state index in [4.69, 9.17) is 26.2 Å². The average molecular weight is 519 g/mol. The van der Waals surface area contributed by atoms with Gasteiger partial charge in [0.25, 0.3) is 5.88 Å². The van der Waals surface area contributed by atoms with Crippen molar-refractivity contribution in [3.8, 4) is 23.0 Å². The monoisotopic (exact) mass is 518 g/mol. The van der Waals surface area contributed by atoms with Crippen LogP contribution in [0, 0.1) is 5.82 Å². The van der Waals surface area contributed by atoms with Gasteiger partial charge in [-0.15, -0.1) is 0 Å². The summed E-state index contributed by atoms with van der Waals surface area (Å²) in [4.78, 5) is 39.5. The molecule has 1 atom stereocenters. The third kappa shape index (κ3) is 8.31. The lowest BCUT2D eigenvalue weighted by Crippen LogP contribution is -2.43. The number of aliphatic carboxylic acids is 1. The number of alkyl carbamates (subject to hydrolysis) is 1. The van der Waals surface area contributed by atoms with Crippen LogP contribution in [-0.2, 0) is 9.53 Å². The van der Waals surface area contributed by atoms with Gasteiger partial charge in [-0.05, 0) is 51.1 Å². The Morgan fingerprint density at radius 1 is 1.17 bits per heavy atom. The highest BCUT2D eigenvalue weighted by Gasteiger charge is 2.21. The van der Waals surface area contributed by atoms with Crippen molar-refractivity contribution in [3.05, 3.63) is 53.7 Å². The Labute approximate surface area is 211 Å². The Bertz CT molecular complexity index is 1220. The number of benzene rings is 1. The van der Waals surface area contributed by atoms with Gasteiger partial charge in [0.2, 0.25) is 5.95 Å². The van der Waals surface area contributed by atoms with E-state index in [9.17, 15) is 14.0 Å². The molecular weight excluding hydrogens is 495 g/mol. The van der Waals surface area contributed by atoms with Gasteiger partial charge in [0.15, 0.2) is 11.6 Å². The fourth-order valence-electron chi connectivity index (χ4n) is 2.86. The summed E-state index contributed by atoms with van der Waals surface area (Å²) in [7, 11) is 0. The van der Waals surface area contributed by atoms with E-state index in [1.54, 1.807) is 45.0 Å². The number of hydrogen-bond donors (Lipinski definition) is 3. The molecular formula is C23H24ClFN6O5. The van der Waals surface area contributed by atoms with Crippen LogP contribution in [-0.4, -0.2) is 55.3 Å². The first-order chi connectivity index (χ1) is 17.0. The predicted molar refractivity (Wildman–Crippen MR) is 128 cm³/mol. The number of pyridine rings is 1. The van der Waals surface area contributed by atoms with Crippen LogP contribution in [0.2, 0.25) is 5.02 Å². The van der Waals surface area contributed by atoms with Crippen molar-refractivity contribution in [2.45, 2.75) is 38.8 Å². The minimum atomic E-state index is -1.09. The zero-order chi connectivity index (χ0) is 26.3. The largest absolute Gasteiger partial charge is 0.481 e. The molecule has 3 aromatic rings. The number of carbonyl (C=O) groups excluding carboxylic acids is 1. The molecule has 2 aromatic heterocycles. The van der Waals surface area contributed by atoms with Crippen LogP contribution < -0.4 is 15.4 Å². The molecule has 11 nitrogen and oxygen atoms in total. The fourth-order valence-corrected chi connectivity index (χ4v) is 3.00. The maximum absolute atomic E-state index is 13.9. The van der Waals surface area contributed by atoms with Crippen LogP contribution in [0.25, 0.3) is 11.4 Å². The number of nitrogens with zero attached hydrogens (tertiary/aromatic N) is 4. The highest BCUT2D eigenvalue weighted by Crippen LogP contribution is 2.26. The zero-order valence-corrected chi connectivity index (χ0v) is 20.4. The average Bonchev–Trinajstić information content (AvgIpc) is 2.78. The molecule has 190 valence electrons. The molecule has 0 radical (unpaired) electrons. The highest BCUT2D eigenvalue weighted by molar-refractivity contribution is 6.30. The third-order valence-corrected chi connectivity index (χ3v) is 4.53. The van der Waals surface area contributed by atoms with Crippen molar-refractivity contribution < 1.29 is 28.6 Å². The van der Waals surface area contributed by atoms with Crippen molar-refractivity contribution in [2.24, 2.45) is 0 Å². The van der Waals surface area contributed by atoms with E-state index >= 15 is 0 Å². The minimum absolute atomic E-state index is 0.0292. The van der Waals surface area contributed by atoms with E-state index < -0.39 is 29.5 Å². The summed E-state index contributed by atoms with van der Waals surface area (Å²) in [6, 6.07) is 6.84. The molecule has 1 amide bonds. The van der Waals surface area contributed by atoms with E-state index in [1.807, 2.05) is 0 Å². The second-order valence-electron chi connectivity index (χ2n) is 8.52. The summed E-state index contributed by atoms with van der Waals surface area (Å²) >= 11 is 5.70. The van der Waals surface area contributed by atoms with Crippen molar-refractivity contribution in [1.82, 2.24) is 25.3 Å². The number of aromatic nitrogens is 4. The van der Waals surface area contributed by atoms with Crippen LogP contribution in [0.4, 0.5) is 15.1 Å². The molecule has 0 spiro atoms. The van der Waals surface area contributed by atoms with Gasteiger partial charge < -0.3 is 25.2 Å². The molecule has 0 saturated heterocycles. The van der Waals surface area contributed by atoms with Crippen molar-refractivity contribution >= 4 is 29.6 Å². The van der Waals surface area contributed by atoms with Gasteiger partial charge in [0, 0.05) is 18.3 Å². The van der Waals surface area contributed by atoms with Crippen LogP contribution >= 0.6 is 11.6 Å². The number of halogens is 2. The summed E-state index contributed by atoms with van der Waals surface area (Å²) in [6.45, 7) is 5.14. The SMILES string of the molecule is CC(C)(C)OC(=O)NC(CNc1ncnc(-c2ccc(Oc3ncc(Cl)cc3F)cc2)n1)CC(=O)O. The van der Waals surface area contributed by atoms with Crippen molar-refractivity contribution in [1.29, 1.82) is 0 Å². The third-order valence-electron chi connectivity index (χ3n) is 4.32. The van der Waals surface area contributed by atoms with Crippen molar-refractivity contribution in [2.75, 3.05) is 11.9 Å². The summed E-state index contributed by atoms with van der Waals surface area (Å²) in [6.07, 6.45) is 1.49. The normalized spacial score (nSPS) is 11.9. The highest BCUT2D eigenvalue weighted by atomic mass is 35.5. The second kappa shape index (κ2) is 11.6. The number of amides is 1. The molecule has 0 fully saturated rings. The molecule has 1 aromatic carbocycles. The van der Waals surface area contributed by atoms with E-state index in [-0.39, 0.29) is 29.8 Å². The molecule has 3 rings (SSSR count). The van der Waals surface area contributed by atoms with Crippen LogP contribution in [0.15, 0.2) is 42.9 Å². The lowest BCUT2D eigenvalue weighted by molar-refractivity contribution is -0.137. The first kappa shape index (κ1) is 26.5. The van der Waals surface area contributed by atoms with Gasteiger partial charge in [0.05, 0.1) is 17.5 Å². The predicted octanol–water partition coefficient (Wildman–Crippen LogP) is 4.30. The Morgan fingerprint density at radius 3 is 2.53 bits per heavy atom. The first-order valence-corrected chi connectivity index (χ1v) is 11.1. The smallest absolute Gasteiger partial charge is 0.407 e. The minimum Gasteiger partial charge on any atom is -0.481 e. The van der Waals surface area contributed by atoms with Gasteiger partial charge in [-0.25, -0.2) is 24.1 Å². The molecule has 0 saturated carbocycles. The van der Waals surface area contributed by atoms with Crippen LogP contribution in [0.3, 0.4) is 0 Å². The lowest BCUT2D eigenvalue weighted by Gasteiger charge is -2.23. The van der Waals surface area contributed by atoms with Gasteiger partial charge in [-0.1, -0.05) is 11.6 Å². The quantitative estimate of drug-likeness (QED) is 0.374. The maximum Gasteiger partial charge on any atom is 0.407 e. The zero-order valence-electron chi connectivity index (χ0n) is 19.7. The van der Waals surface area contributed by atoms with E-state index in [2.05, 4.69) is 30.6 Å². The Morgan fingerprint density at radius 2 is 1.89 bits per heavy atom. The topological polar surface area (TPSA) is 148 Å². The number of carboxylic acid groups (broad SMARTS) is 1. The molecule has 36 heavy (non-hydrogen) atoms. The number of carboxylic acids is 1.